The average Bonchev–Trinajstić information content (AvgIpc) is 2.20. The Balaban J connectivity index is 4.84. The van der Waals surface area contributed by atoms with Crippen molar-refractivity contribution in [1.82, 2.24) is 4.81 Å². The maximum atomic E-state index is 11.6. The summed E-state index contributed by atoms with van der Waals surface area (Å²) in [6, 6.07) is 0. The Morgan fingerprint density at radius 1 is 1.50 bits per heavy atom. The van der Waals surface area contributed by atoms with Crippen LogP contribution >= 0.6 is 0 Å². The molecule has 0 amide bonds. The number of rotatable bonds is 6. The van der Waals surface area contributed by atoms with Gasteiger partial charge in [-0.05, 0) is 19.9 Å². The molecule has 0 saturated heterocycles. The van der Waals surface area contributed by atoms with Gasteiger partial charge in [0.25, 0.3) is 7.41 Å². The maximum Gasteiger partial charge on any atom is 0.325 e. The van der Waals surface area contributed by atoms with E-state index in [-0.39, 0.29) is 13.4 Å². The topological polar surface area (TPSA) is 46.6 Å². The first-order valence-electron chi connectivity index (χ1n) is 4.82. The van der Waals surface area contributed by atoms with Gasteiger partial charge in [-0.15, -0.1) is 0 Å². The van der Waals surface area contributed by atoms with Crippen molar-refractivity contribution in [2.45, 2.75) is 32.2 Å². The lowest BCUT2D eigenvalue weighted by Gasteiger charge is -2.36. The third-order valence-corrected chi connectivity index (χ3v) is 2.81. The molecular formula is C9H18BNO3. The predicted octanol–water partition coefficient (Wildman–Crippen LogP) is 0.192. The molecule has 0 rings (SSSR count). The highest BCUT2D eigenvalue weighted by molar-refractivity contribution is 6.64. The third-order valence-electron chi connectivity index (χ3n) is 2.81. The molecule has 0 aliphatic heterocycles. The molecule has 0 aliphatic carbocycles. The average molecular weight is 199 g/mol. The van der Waals surface area contributed by atoms with E-state index in [0.717, 1.165) is 6.19 Å². The number of methoxy groups -OCH3 is 1. The van der Waals surface area contributed by atoms with Crippen LogP contribution in [-0.4, -0.2) is 44.1 Å². The molecule has 0 aromatic carbocycles. The maximum absolute atomic E-state index is 11.6. The zero-order valence-corrected chi connectivity index (χ0v) is 9.37. The molecule has 0 aliphatic rings. The van der Waals surface area contributed by atoms with E-state index >= 15 is 0 Å². The van der Waals surface area contributed by atoms with Gasteiger partial charge in [-0.3, -0.25) is 4.79 Å². The molecule has 0 spiro atoms. The zero-order chi connectivity index (χ0) is 11.2. The fraction of sp³-hybridized carbons (Fsp3) is 0.778. The molecule has 0 fully saturated rings. The Labute approximate surface area is 85.9 Å². The Morgan fingerprint density at radius 3 is 2.29 bits per heavy atom. The number of hydrogen-bond acceptors (Lipinski definition) is 4. The Hall–Kier alpha value is -0.835. The molecule has 0 heterocycles. The minimum atomic E-state index is -0.657. The molecular weight excluding hydrogens is 181 g/mol. The lowest BCUT2D eigenvalue weighted by Crippen LogP contribution is -2.54. The summed E-state index contributed by atoms with van der Waals surface area (Å²) in [5.41, 5.74) is -0.657. The van der Waals surface area contributed by atoms with E-state index < -0.39 is 5.54 Å². The van der Waals surface area contributed by atoms with Crippen LogP contribution in [0.25, 0.3) is 0 Å². The van der Waals surface area contributed by atoms with Crippen LogP contribution in [-0.2, 0) is 14.3 Å². The fourth-order valence-corrected chi connectivity index (χ4v) is 1.71. The van der Waals surface area contributed by atoms with Gasteiger partial charge in [-0.1, -0.05) is 13.8 Å². The van der Waals surface area contributed by atoms with Crippen molar-refractivity contribution < 1.29 is 14.3 Å². The van der Waals surface area contributed by atoms with E-state index in [1.165, 1.54) is 7.11 Å². The van der Waals surface area contributed by atoms with Crippen LogP contribution in [0.2, 0.25) is 0 Å². The second-order valence-electron chi connectivity index (χ2n) is 3.28. The molecule has 0 radical (unpaired) electrons. The highest BCUT2D eigenvalue weighted by Crippen LogP contribution is 2.23. The minimum Gasteiger partial charge on any atom is -0.468 e. The lowest BCUT2D eigenvalue weighted by molar-refractivity contribution is -0.152. The molecule has 80 valence electrons. The van der Waals surface area contributed by atoms with Gasteiger partial charge in [0.1, 0.15) is 5.54 Å². The fourth-order valence-electron chi connectivity index (χ4n) is 1.71. The Kier molecular flexibility index (Phi) is 5.46. The van der Waals surface area contributed by atoms with Gasteiger partial charge in [0, 0.05) is 0 Å². The van der Waals surface area contributed by atoms with Gasteiger partial charge < -0.3 is 14.3 Å². The summed E-state index contributed by atoms with van der Waals surface area (Å²) >= 11 is 0. The number of likely N-dealkylation sites (N-methyl/N-ethyl adjacent to an activating group) is 1. The van der Waals surface area contributed by atoms with Crippen LogP contribution in [0.5, 0.6) is 0 Å². The SMILES string of the molecule is CCC(CC)(C(=O)OC)N(C)BC=O. The van der Waals surface area contributed by atoms with Crippen molar-refractivity contribution in [1.29, 1.82) is 0 Å². The molecule has 0 N–H and O–H groups in total. The molecule has 0 unspecified atom stereocenters. The number of hydrogen-bond donors (Lipinski definition) is 0. The van der Waals surface area contributed by atoms with E-state index in [9.17, 15) is 9.59 Å². The molecule has 0 aromatic heterocycles. The van der Waals surface area contributed by atoms with Crippen LogP contribution in [0.1, 0.15) is 26.7 Å². The minimum absolute atomic E-state index is 0.247. The number of carbonyl (C=O) groups is 2. The molecule has 0 saturated carbocycles. The number of nitrogens with zero attached hydrogens (tertiary/aromatic N) is 1. The van der Waals surface area contributed by atoms with Crippen LogP contribution in [0, 0.1) is 0 Å². The van der Waals surface area contributed by atoms with Gasteiger partial charge in [0.2, 0.25) is 0 Å². The van der Waals surface area contributed by atoms with Crippen molar-refractivity contribution in [2.24, 2.45) is 0 Å². The van der Waals surface area contributed by atoms with Gasteiger partial charge in [-0.2, -0.15) is 0 Å². The summed E-state index contributed by atoms with van der Waals surface area (Å²) in [7, 11) is 3.38. The molecule has 5 heteroatoms. The highest BCUT2D eigenvalue weighted by atomic mass is 16.5. The second-order valence-corrected chi connectivity index (χ2v) is 3.28. The summed E-state index contributed by atoms with van der Waals surface area (Å²) < 4.78 is 4.77. The monoisotopic (exact) mass is 199 g/mol. The smallest absolute Gasteiger partial charge is 0.325 e. The first-order chi connectivity index (χ1) is 6.58. The lowest BCUT2D eigenvalue weighted by atomic mass is 9.81. The summed E-state index contributed by atoms with van der Waals surface area (Å²) in [6.45, 7) is 3.84. The van der Waals surface area contributed by atoms with E-state index in [4.69, 9.17) is 4.74 Å². The summed E-state index contributed by atoms with van der Waals surface area (Å²) in [5, 5.41) is 0. The number of ether oxygens (including phenoxy) is 1. The molecule has 4 nitrogen and oxygen atoms in total. The van der Waals surface area contributed by atoms with Crippen LogP contribution in [0.4, 0.5) is 0 Å². The molecule has 0 bridgehead atoms. The third kappa shape index (κ3) is 2.35. The van der Waals surface area contributed by atoms with Crippen LogP contribution < -0.4 is 0 Å². The van der Waals surface area contributed by atoms with Crippen molar-refractivity contribution in [3.63, 3.8) is 0 Å². The van der Waals surface area contributed by atoms with Crippen molar-refractivity contribution in [3.8, 4) is 0 Å². The Morgan fingerprint density at radius 2 is 2.00 bits per heavy atom. The van der Waals surface area contributed by atoms with E-state index in [1.54, 1.807) is 11.9 Å². The van der Waals surface area contributed by atoms with Gasteiger partial charge >= 0.3 is 5.97 Å². The highest BCUT2D eigenvalue weighted by Gasteiger charge is 2.39. The van der Waals surface area contributed by atoms with E-state index in [0.29, 0.717) is 12.8 Å². The van der Waals surface area contributed by atoms with Crippen LogP contribution in [0.15, 0.2) is 0 Å². The van der Waals surface area contributed by atoms with Crippen molar-refractivity contribution >= 4 is 19.6 Å². The largest absolute Gasteiger partial charge is 0.468 e. The Bertz CT molecular complexity index is 204. The second kappa shape index (κ2) is 5.80. The molecule has 0 aromatic rings. The van der Waals surface area contributed by atoms with E-state index in [2.05, 4.69) is 0 Å². The summed E-state index contributed by atoms with van der Waals surface area (Å²) in [4.78, 5) is 23.8. The standard InChI is InChI=1S/C9H18BNO3/c1-5-9(6-2,8(13)14-4)11(3)10-7-12/h7,10H,5-6H2,1-4H3. The summed E-state index contributed by atoms with van der Waals surface area (Å²) in [5.74, 6) is -0.271. The normalized spacial score (nSPS) is 11.2. The van der Waals surface area contributed by atoms with Gasteiger partial charge in [0.15, 0.2) is 0 Å². The van der Waals surface area contributed by atoms with Crippen molar-refractivity contribution in [2.75, 3.05) is 14.2 Å². The first-order valence-corrected chi connectivity index (χ1v) is 4.82. The predicted molar refractivity (Wildman–Crippen MR) is 57.0 cm³/mol. The van der Waals surface area contributed by atoms with Gasteiger partial charge in [-0.25, -0.2) is 0 Å². The number of esters is 1. The van der Waals surface area contributed by atoms with Crippen LogP contribution in [0.3, 0.4) is 0 Å². The molecule has 14 heavy (non-hydrogen) atoms. The summed E-state index contributed by atoms with van der Waals surface area (Å²) in [6.07, 6.45) is 2.07. The zero-order valence-electron chi connectivity index (χ0n) is 9.37. The number of carbonyl (C=O) groups excluding carboxylic acids is 2. The first kappa shape index (κ1) is 13.2. The van der Waals surface area contributed by atoms with Gasteiger partial charge in [0.05, 0.1) is 13.3 Å². The quantitative estimate of drug-likeness (QED) is 0.348. The molecule has 0 atom stereocenters. The van der Waals surface area contributed by atoms with Crippen molar-refractivity contribution in [3.05, 3.63) is 0 Å². The van der Waals surface area contributed by atoms with E-state index in [1.807, 2.05) is 13.8 Å².